The molecule has 0 aliphatic rings. The van der Waals surface area contributed by atoms with Crippen LogP contribution >= 0.6 is 34.7 Å². The van der Waals surface area contributed by atoms with Gasteiger partial charge in [0, 0.05) is 12.1 Å². The minimum absolute atomic E-state index is 0.0473. The van der Waals surface area contributed by atoms with Gasteiger partial charge in [0.1, 0.15) is 10.8 Å². The average molecular weight is 475 g/mol. The largest absolute Gasteiger partial charge is 0.484 e. The first-order valence-corrected chi connectivity index (χ1v) is 11.6. The molecule has 1 amide bonds. The zero-order valence-corrected chi connectivity index (χ0v) is 19.2. The maximum absolute atomic E-state index is 12.6. The fourth-order valence-electron chi connectivity index (χ4n) is 2.71. The van der Waals surface area contributed by atoms with Crippen LogP contribution in [0.4, 0.5) is 0 Å². The molecule has 2 heterocycles. The Kier molecular flexibility index (Phi) is 6.74. The Hall–Kier alpha value is -2.62. The second kappa shape index (κ2) is 9.67. The minimum atomic E-state index is -0.128. The zero-order valence-electron chi connectivity index (χ0n) is 16.8. The van der Waals surface area contributed by atoms with Gasteiger partial charge in [-0.05, 0) is 43.3 Å². The molecule has 1 unspecified atom stereocenters. The number of hydrogen-bond donors (Lipinski definition) is 0. The molecule has 0 saturated heterocycles. The molecule has 0 saturated carbocycles. The molecular weight excluding hydrogens is 456 g/mol. The van der Waals surface area contributed by atoms with Crippen LogP contribution in [0.5, 0.6) is 5.75 Å². The highest BCUT2D eigenvalue weighted by Gasteiger charge is 2.21. The number of hydrogen-bond acceptors (Lipinski definition) is 8. The van der Waals surface area contributed by atoms with Gasteiger partial charge in [-0.15, -0.1) is 21.5 Å². The van der Waals surface area contributed by atoms with Crippen LogP contribution in [0.25, 0.3) is 10.2 Å². The number of carbonyl (C=O) groups is 1. The van der Waals surface area contributed by atoms with Crippen molar-refractivity contribution in [3.05, 3.63) is 64.5 Å². The van der Waals surface area contributed by atoms with E-state index in [1.165, 1.54) is 11.8 Å². The predicted octanol–water partition coefficient (Wildman–Crippen LogP) is 5.22. The third-order valence-corrected chi connectivity index (χ3v) is 6.85. The van der Waals surface area contributed by atoms with E-state index >= 15 is 0 Å². The molecule has 0 aliphatic carbocycles. The maximum Gasteiger partial charge on any atom is 0.277 e. The van der Waals surface area contributed by atoms with E-state index < -0.39 is 0 Å². The summed E-state index contributed by atoms with van der Waals surface area (Å²) in [5, 5.41) is 9.79. The van der Waals surface area contributed by atoms with Crippen LogP contribution in [0.3, 0.4) is 0 Å². The lowest BCUT2D eigenvalue weighted by atomic mass is 10.3. The van der Waals surface area contributed by atoms with E-state index in [4.69, 9.17) is 20.8 Å². The Morgan fingerprint density at radius 2 is 2.00 bits per heavy atom. The molecule has 0 radical (unpaired) electrons. The summed E-state index contributed by atoms with van der Waals surface area (Å²) in [6.07, 6.45) is 0. The average Bonchev–Trinajstić information content (AvgIpc) is 3.43. The summed E-state index contributed by atoms with van der Waals surface area (Å²) in [6, 6.07) is 14.8. The molecule has 7 nitrogen and oxygen atoms in total. The standard InChI is InChI=1S/C21H19ClN4O3S2/c1-13(20-23-16-5-3-4-6-17(16)31-20)26(2)19(27)12-30-21-25-24-18(29-21)11-28-15-9-7-14(22)8-10-15/h3-10,13H,11-12H2,1-2H3. The molecule has 4 rings (SSSR count). The van der Waals surface area contributed by atoms with Crippen LogP contribution in [0.15, 0.2) is 58.2 Å². The molecule has 0 spiro atoms. The Labute approximate surface area is 192 Å². The van der Waals surface area contributed by atoms with Gasteiger partial charge in [0.25, 0.3) is 11.1 Å². The third-order valence-electron chi connectivity index (χ3n) is 4.59. The normalized spacial score (nSPS) is 12.1. The number of rotatable bonds is 8. The summed E-state index contributed by atoms with van der Waals surface area (Å²) in [5.41, 5.74) is 0.948. The SMILES string of the molecule is CC(c1nc2ccccc2s1)N(C)C(=O)CSc1nnc(COc2ccc(Cl)cc2)o1. The number of carbonyl (C=O) groups excluding carboxylic acids is 1. The maximum atomic E-state index is 12.6. The summed E-state index contributed by atoms with van der Waals surface area (Å²) in [6.45, 7) is 2.11. The molecule has 0 bridgehead atoms. The zero-order chi connectivity index (χ0) is 21.8. The van der Waals surface area contributed by atoms with Gasteiger partial charge in [-0.1, -0.05) is 35.5 Å². The topological polar surface area (TPSA) is 81.4 Å². The first-order chi connectivity index (χ1) is 15.0. The lowest BCUT2D eigenvalue weighted by Gasteiger charge is -2.22. The van der Waals surface area contributed by atoms with E-state index in [-0.39, 0.29) is 24.3 Å². The number of ether oxygens (including phenoxy) is 1. The number of nitrogens with zero attached hydrogens (tertiary/aromatic N) is 4. The monoisotopic (exact) mass is 474 g/mol. The highest BCUT2D eigenvalue weighted by Crippen LogP contribution is 2.29. The van der Waals surface area contributed by atoms with Crippen molar-refractivity contribution in [1.82, 2.24) is 20.1 Å². The van der Waals surface area contributed by atoms with Crippen LogP contribution in [-0.4, -0.2) is 38.8 Å². The highest BCUT2D eigenvalue weighted by molar-refractivity contribution is 7.99. The highest BCUT2D eigenvalue weighted by atomic mass is 35.5. The molecule has 1 atom stereocenters. The van der Waals surface area contributed by atoms with Gasteiger partial charge in [-0.25, -0.2) is 4.98 Å². The number of benzene rings is 2. The summed E-state index contributed by atoms with van der Waals surface area (Å²) >= 11 is 8.65. The Morgan fingerprint density at radius 3 is 2.77 bits per heavy atom. The van der Waals surface area contributed by atoms with E-state index in [2.05, 4.69) is 15.2 Å². The third kappa shape index (κ3) is 5.36. The van der Waals surface area contributed by atoms with E-state index in [0.29, 0.717) is 21.9 Å². The summed E-state index contributed by atoms with van der Waals surface area (Å²) in [5.74, 6) is 1.12. The van der Waals surface area contributed by atoms with Gasteiger partial charge >= 0.3 is 0 Å². The lowest BCUT2D eigenvalue weighted by molar-refractivity contribution is -0.128. The quantitative estimate of drug-likeness (QED) is 0.323. The Bertz CT molecular complexity index is 1150. The van der Waals surface area contributed by atoms with Crippen molar-refractivity contribution in [3.63, 3.8) is 0 Å². The van der Waals surface area contributed by atoms with Gasteiger partial charge in [0.15, 0.2) is 6.61 Å². The number of fused-ring (bicyclic) bond motifs is 1. The fraction of sp³-hybridized carbons (Fsp3) is 0.238. The van der Waals surface area contributed by atoms with Crippen LogP contribution in [-0.2, 0) is 11.4 Å². The first kappa shape index (κ1) is 21.6. The van der Waals surface area contributed by atoms with Crippen molar-refractivity contribution < 1.29 is 13.9 Å². The van der Waals surface area contributed by atoms with Gasteiger partial charge in [0.05, 0.1) is 22.0 Å². The Morgan fingerprint density at radius 1 is 1.23 bits per heavy atom. The Balaban J connectivity index is 1.29. The molecule has 160 valence electrons. The molecular formula is C21H19ClN4O3S2. The van der Waals surface area contributed by atoms with E-state index in [1.807, 2.05) is 31.2 Å². The second-order valence-electron chi connectivity index (χ2n) is 6.69. The number of thiazole rings is 1. The van der Waals surface area contributed by atoms with Crippen molar-refractivity contribution in [2.75, 3.05) is 12.8 Å². The molecule has 0 aliphatic heterocycles. The first-order valence-electron chi connectivity index (χ1n) is 9.44. The van der Waals surface area contributed by atoms with Crippen LogP contribution in [0, 0.1) is 0 Å². The van der Waals surface area contributed by atoms with E-state index in [1.54, 1.807) is 47.5 Å². The molecule has 0 fully saturated rings. The van der Waals surface area contributed by atoms with Gasteiger partial charge in [0.2, 0.25) is 5.91 Å². The van der Waals surface area contributed by atoms with Crippen molar-refractivity contribution in [2.45, 2.75) is 24.8 Å². The van der Waals surface area contributed by atoms with Gasteiger partial charge in [-0.2, -0.15) is 0 Å². The molecule has 4 aromatic rings. The molecule has 31 heavy (non-hydrogen) atoms. The van der Waals surface area contributed by atoms with Crippen molar-refractivity contribution in [3.8, 4) is 5.75 Å². The molecule has 0 N–H and O–H groups in total. The summed E-state index contributed by atoms with van der Waals surface area (Å²) in [4.78, 5) is 19.0. The van der Waals surface area contributed by atoms with Gasteiger partial charge in [-0.3, -0.25) is 4.79 Å². The second-order valence-corrected chi connectivity index (χ2v) is 9.12. The van der Waals surface area contributed by atoms with E-state index in [0.717, 1.165) is 15.2 Å². The molecule has 10 heteroatoms. The van der Waals surface area contributed by atoms with Crippen molar-refractivity contribution in [2.24, 2.45) is 0 Å². The molecule has 2 aromatic carbocycles. The van der Waals surface area contributed by atoms with Crippen LogP contribution < -0.4 is 4.74 Å². The predicted molar refractivity (Wildman–Crippen MR) is 122 cm³/mol. The number of halogens is 1. The van der Waals surface area contributed by atoms with Gasteiger partial charge < -0.3 is 14.1 Å². The number of thioether (sulfide) groups is 1. The van der Waals surface area contributed by atoms with Crippen LogP contribution in [0.2, 0.25) is 5.02 Å². The van der Waals surface area contributed by atoms with Crippen LogP contribution in [0.1, 0.15) is 23.9 Å². The summed E-state index contributed by atoms with van der Waals surface area (Å²) in [7, 11) is 1.78. The van der Waals surface area contributed by atoms with Crippen molar-refractivity contribution in [1.29, 1.82) is 0 Å². The minimum Gasteiger partial charge on any atom is -0.484 e. The van der Waals surface area contributed by atoms with E-state index in [9.17, 15) is 4.79 Å². The number of aromatic nitrogens is 3. The van der Waals surface area contributed by atoms with Crippen molar-refractivity contribution >= 4 is 50.8 Å². The smallest absolute Gasteiger partial charge is 0.277 e. The summed E-state index contributed by atoms with van der Waals surface area (Å²) < 4.78 is 12.2. The lowest BCUT2D eigenvalue weighted by Crippen LogP contribution is -2.31. The number of amides is 1. The fourth-order valence-corrected chi connectivity index (χ4v) is 4.60. The molecule has 2 aromatic heterocycles. The number of para-hydroxylation sites is 1.